The van der Waals surface area contributed by atoms with Gasteiger partial charge in [-0.15, -0.1) is 0 Å². The molecule has 4 N–H and O–H groups in total. The van der Waals surface area contributed by atoms with Crippen LogP contribution in [-0.4, -0.2) is 75.9 Å². The highest BCUT2D eigenvalue weighted by molar-refractivity contribution is 5.94. The fourth-order valence-electron chi connectivity index (χ4n) is 4.44. The van der Waals surface area contributed by atoms with Gasteiger partial charge in [-0.05, 0) is 43.9 Å². The van der Waals surface area contributed by atoms with Crippen molar-refractivity contribution in [2.24, 2.45) is 17.6 Å². The molecule has 9 heteroatoms. The number of carbonyl (C=O) groups is 4. The lowest BCUT2D eigenvalue weighted by molar-refractivity contribution is -0.152. The van der Waals surface area contributed by atoms with Crippen molar-refractivity contribution in [1.29, 1.82) is 0 Å². The molecule has 2 heterocycles. The number of carbonyl (C=O) groups excluding carboxylic acids is 3. The number of hydrogen-bond donors (Lipinski definition) is 3. The third kappa shape index (κ3) is 5.96. The minimum atomic E-state index is -1.01. The van der Waals surface area contributed by atoms with Gasteiger partial charge >= 0.3 is 5.97 Å². The van der Waals surface area contributed by atoms with E-state index in [0.29, 0.717) is 45.2 Å². The smallest absolute Gasteiger partial charge is 0.326 e. The lowest BCUT2D eigenvalue weighted by atomic mass is 9.97. The average molecular weight is 439 g/mol. The van der Waals surface area contributed by atoms with Crippen LogP contribution in [0.2, 0.25) is 0 Å². The Hall–Kier alpha value is -2.16. The molecule has 2 fully saturated rings. The number of rotatable bonds is 9. The summed E-state index contributed by atoms with van der Waals surface area (Å²) >= 11 is 0. The van der Waals surface area contributed by atoms with E-state index in [1.165, 1.54) is 9.80 Å². The fourth-order valence-corrected chi connectivity index (χ4v) is 4.44. The number of nitrogens with two attached hydrogens (primary N) is 1. The molecule has 5 atom stereocenters. The van der Waals surface area contributed by atoms with Crippen LogP contribution >= 0.6 is 0 Å². The Bertz CT molecular complexity index is 683. The van der Waals surface area contributed by atoms with Crippen molar-refractivity contribution in [3.05, 3.63) is 0 Å². The Morgan fingerprint density at radius 1 is 1.03 bits per heavy atom. The average Bonchev–Trinajstić information content (AvgIpc) is 3.40. The maximum absolute atomic E-state index is 13.4. The molecule has 2 aliphatic heterocycles. The zero-order valence-corrected chi connectivity index (χ0v) is 19.2. The number of carboxylic acid groups (broad SMARTS) is 1. The molecule has 9 nitrogen and oxygen atoms in total. The topological polar surface area (TPSA) is 133 Å². The van der Waals surface area contributed by atoms with Crippen LogP contribution in [0.4, 0.5) is 0 Å². The van der Waals surface area contributed by atoms with Gasteiger partial charge in [0.1, 0.15) is 18.1 Å². The van der Waals surface area contributed by atoms with Crippen molar-refractivity contribution >= 4 is 23.7 Å². The first-order valence-electron chi connectivity index (χ1n) is 11.5. The summed E-state index contributed by atoms with van der Waals surface area (Å²) in [6.45, 7) is 8.60. The molecule has 31 heavy (non-hydrogen) atoms. The van der Waals surface area contributed by atoms with E-state index in [2.05, 4.69) is 5.32 Å². The van der Waals surface area contributed by atoms with Crippen LogP contribution in [0.5, 0.6) is 0 Å². The third-order valence-corrected chi connectivity index (χ3v) is 6.52. The molecule has 0 aromatic rings. The Balaban J connectivity index is 2.16. The summed E-state index contributed by atoms with van der Waals surface area (Å²) in [4.78, 5) is 53.6. The summed E-state index contributed by atoms with van der Waals surface area (Å²) in [6.07, 6.45) is 3.44. The van der Waals surface area contributed by atoms with E-state index in [9.17, 15) is 24.3 Å². The van der Waals surface area contributed by atoms with E-state index < -0.39 is 30.1 Å². The molecule has 0 aromatic heterocycles. The summed E-state index contributed by atoms with van der Waals surface area (Å²) in [5.74, 6) is -1.83. The molecular weight excluding hydrogens is 400 g/mol. The number of nitrogens with zero attached hydrogens (tertiary/aromatic N) is 2. The second-order valence-corrected chi connectivity index (χ2v) is 9.32. The molecule has 176 valence electrons. The fraction of sp³-hybridized carbons (Fsp3) is 0.818. The van der Waals surface area contributed by atoms with Crippen LogP contribution in [-0.2, 0) is 19.2 Å². The van der Waals surface area contributed by atoms with Crippen LogP contribution in [0.25, 0.3) is 0 Å². The van der Waals surface area contributed by atoms with Crippen LogP contribution in [0.3, 0.4) is 0 Å². The first-order valence-corrected chi connectivity index (χ1v) is 11.5. The van der Waals surface area contributed by atoms with Crippen LogP contribution in [0.1, 0.15) is 66.2 Å². The Labute approximate surface area is 184 Å². The van der Waals surface area contributed by atoms with Gasteiger partial charge in [0.05, 0.1) is 6.04 Å². The second kappa shape index (κ2) is 10.9. The predicted molar refractivity (Wildman–Crippen MR) is 116 cm³/mol. The standard InChI is InChI=1S/C22H38N4O5/c1-5-14(4)18(23)19(27)24-15(12-13(2)3)20(28)25-10-6-8-16(25)21(29)26-11-7-9-17(26)22(30)31/h13-18H,5-12,23H2,1-4H3,(H,24,27)(H,30,31). The molecular formula is C22H38N4O5. The zero-order valence-electron chi connectivity index (χ0n) is 19.2. The molecule has 0 radical (unpaired) electrons. The Morgan fingerprint density at radius 2 is 1.61 bits per heavy atom. The maximum Gasteiger partial charge on any atom is 0.326 e. The number of nitrogens with one attached hydrogen (secondary N) is 1. The number of hydrogen-bond acceptors (Lipinski definition) is 5. The van der Waals surface area contributed by atoms with Gasteiger partial charge in [0, 0.05) is 13.1 Å². The van der Waals surface area contributed by atoms with Gasteiger partial charge in [-0.2, -0.15) is 0 Å². The van der Waals surface area contributed by atoms with Gasteiger partial charge in [-0.3, -0.25) is 14.4 Å². The first kappa shape index (κ1) is 25.1. The summed E-state index contributed by atoms with van der Waals surface area (Å²) < 4.78 is 0. The SMILES string of the molecule is CCC(C)C(N)C(=O)NC(CC(C)C)C(=O)N1CCCC1C(=O)N1CCCC1C(=O)O. The second-order valence-electron chi connectivity index (χ2n) is 9.32. The van der Waals surface area contributed by atoms with Gasteiger partial charge in [0.15, 0.2) is 0 Å². The van der Waals surface area contributed by atoms with Gasteiger partial charge in [-0.25, -0.2) is 4.79 Å². The summed E-state index contributed by atoms with van der Waals surface area (Å²) in [6, 6.07) is -2.97. The molecule has 0 saturated carbocycles. The number of amides is 3. The number of carboxylic acids is 1. The minimum Gasteiger partial charge on any atom is -0.480 e. The minimum absolute atomic E-state index is 0.0148. The van der Waals surface area contributed by atoms with Crippen molar-refractivity contribution in [3.8, 4) is 0 Å². The normalized spacial score (nSPS) is 24.2. The Kier molecular flexibility index (Phi) is 8.85. The molecule has 2 aliphatic rings. The largest absolute Gasteiger partial charge is 0.480 e. The van der Waals surface area contributed by atoms with E-state index in [-0.39, 0.29) is 29.6 Å². The lowest BCUT2D eigenvalue weighted by Gasteiger charge is -2.33. The van der Waals surface area contributed by atoms with E-state index in [1.54, 1.807) is 0 Å². The van der Waals surface area contributed by atoms with Crippen molar-refractivity contribution in [2.75, 3.05) is 13.1 Å². The van der Waals surface area contributed by atoms with Crippen LogP contribution in [0, 0.1) is 11.8 Å². The number of aliphatic carboxylic acids is 1. The highest BCUT2D eigenvalue weighted by atomic mass is 16.4. The summed E-state index contributed by atoms with van der Waals surface area (Å²) in [5.41, 5.74) is 6.05. The van der Waals surface area contributed by atoms with E-state index >= 15 is 0 Å². The monoisotopic (exact) mass is 438 g/mol. The van der Waals surface area contributed by atoms with Crippen molar-refractivity contribution < 1.29 is 24.3 Å². The maximum atomic E-state index is 13.4. The van der Waals surface area contributed by atoms with Gasteiger partial charge in [0.2, 0.25) is 17.7 Å². The quantitative estimate of drug-likeness (QED) is 0.491. The highest BCUT2D eigenvalue weighted by Crippen LogP contribution is 2.26. The molecule has 0 aromatic carbocycles. The first-order chi connectivity index (χ1) is 14.6. The summed E-state index contributed by atoms with van der Waals surface area (Å²) in [7, 11) is 0. The Morgan fingerprint density at radius 3 is 2.16 bits per heavy atom. The van der Waals surface area contributed by atoms with E-state index in [4.69, 9.17) is 5.73 Å². The van der Waals surface area contributed by atoms with E-state index in [0.717, 1.165) is 6.42 Å². The molecule has 3 amide bonds. The van der Waals surface area contributed by atoms with Crippen molar-refractivity contribution in [3.63, 3.8) is 0 Å². The van der Waals surface area contributed by atoms with Gasteiger partial charge in [-0.1, -0.05) is 34.1 Å². The molecule has 0 aliphatic carbocycles. The molecule has 2 rings (SSSR count). The van der Waals surface area contributed by atoms with Crippen molar-refractivity contribution in [2.45, 2.75) is 90.4 Å². The predicted octanol–water partition coefficient (Wildman–Crippen LogP) is 0.957. The molecule has 2 saturated heterocycles. The summed E-state index contributed by atoms with van der Waals surface area (Å²) in [5, 5.41) is 12.2. The van der Waals surface area contributed by atoms with Crippen molar-refractivity contribution in [1.82, 2.24) is 15.1 Å². The molecule has 5 unspecified atom stereocenters. The molecule has 0 bridgehead atoms. The van der Waals surface area contributed by atoms with Gasteiger partial charge in [0.25, 0.3) is 0 Å². The van der Waals surface area contributed by atoms with E-state index in [1.807, 2.05) is 27.7 Å². The van der Waals surface area contributed by atoms with Crippen LogP contribution in [0.15, 0.2) is 0 Å². The lowest BCUT2D eigenvalue weighted by Crippen LogP contribution is -2.57. The van der Waals surface area contributed by atoms with Crippen LogP contribution < -0.4 is 11.1 Å². The zero-order chi connectivity index (χ0) is 23.3. The third-order valence-electron chi connectivity index (χ3n) is 6.52. The molecule has 0 spiro atoms. The number of likely N-dealkylation sites (tertiary alicyclic amines) is 2. The van der Waals surface area contributed by atoms with Gasteiger partial charge < -0.3 is 26.0 Å². The highest BCUT2D eigenvalue weighted by Gasteiger charge is 2.43.